The van der Waals surface area contributed by atoms with Crippen LogP contribution in [0.25, 0.3) is 11.0 Å². The van der Waals surface area contributed by atoms with Gasteiger partial charge >= 0.3 is 12.1 Å². The van der Waals surface area contributed by atoms with Crippen molar-refractivity contribution in [3.8, 4) is 0 Å². The number of carbonyl (C=O) groups excluding carboxylic acids is 3. The van der Waals surface area contributed by atoms with Crippen molar-refractivity contribution in [3.05, 3.63) is 52.0 Å². The summed E-state index contributed by atoms with van der Waals surface area (Å²) in [6.07, 6.45) is -5.95. The number of halogens is 3. The first-order valence-corrected chi connectivity index (χ1v) is 9.97. The number of amides is 1. The standard InChI is InChI=1S/C20H18F3N3O4S/c1-11(18(29)16-8-7-13(31-16)9-24-12(2)27)30-17(28)10-26-15-6-4-3-5-14(15)25-19(26)20(21,22)23/h3-8,11H,9-10H2,1-2H3,(H,24,27). The third kappa shape index (κ3) is 5.29. The smallest absolute Gasteiger partial charge is 0.449 e. The molecule has 2 aromatic heterocycles. The van der Waals surface area contributed by atoms with Crippen LogP contribution in [0.3, 0.4) is 0 Å². The van der Waals surface area contributed by atoms with Gasteiger partial charge in [-0.15, -0.1) is 11.3 Å². The number of fused-ring (bicyclic) bond motifs is 1. The second-order valence-electron chi connectivity index (χ2n) is 6.68. The Morgan fingerprint density at radius 2 is 1.90 bits per heavy atom. The Morgan fingerprint density at radius 1 is 1.19 bits per heavy atom. The van der Waals surface area contributed by atoms with Crippen molar-refractivity contribution >= 4 is 40.0 Å². The fourth-order valence-electron chi connectivity index (χ4n) is 2.89. The van der Waals surface area contributed by atoms with Gasteiger partial charge in [0, 0.05) is 11.8 Å². The average Bonchev–Trinajstić information content (AvgIpc) is 3.30. The molecule has 0 aliphatic heterocycles. The number of carbonyl (C=O) groups is 3. The zero-order valence-corrected chi connectivity index (χ0v) is 17.3. The van der Waals surface area contributed by atoms with Gasteiger partial charge < -0.3 is 14.6 Å². The zero-order chi connectivity index (χ0) is 22.8. The van der Waals surface area contributed by atoms with E-state index >= 15 is 0 Å². The molecule has 1 atom stereocenters. The van der Waals surface area contributed by atoms with Crippen LogP contribution < -0.4 is 5.32 Å². The Balaban J connectivity index is 1.71. The fourth-order valence-corrected chi connectivity index (χ4v) is 3.85. The second-order valence-corrected chi connectivity index (χ2v) is 7.85. The maximum atomic E-state index is 13.3. The van der Waals surface area contributed by atoms with Crippen LogP contribution in [-0.2, 0) is 33.6 Å². The molecule has 3 aromatic rings. The molecule has 0 spiro atoms. The molecule has 0 saturated heterocycles. The Kier molecular flexibility index (Phi) is 6.44. The van der Waals surface area contributed by atoms with Crippen LogP contribution in [0.15, 0.2) is 36.4 Å². The minimum absolute atomic E-state index is 0.0945. The van der Waals surface area contributed by atoms with E-state index in [0.29, 0.717) is 4.88 Å². The van der Waals surface area contributed by atoms with Gasteiger partial charge in [0.15, 0.2) is 6.10 Å². The number of esters is 1. The molecule has 0 radical (unpaired) electrons. The van der Waals surface area contributed by atoms with Crippen molar-refractivity contribution in [2.24, 2.45) is 0 Å². The molecular formula is C20H18F3N3O4S. The largest absolute Gasteiger partial charge is 0.453 e. The predicted octanol–water partition coefficient (Wildman–Crippen LogP) is 3.57. The number of hydrogen-bond donors (Lipinski definition) is 1. The first kappa shape index (κ1) is 22.5. The third-order valence-electron chi connectivity index (χ3n) is 4.29. The van der Waals surface area contributed by atoms with E-state index < -0.39 is 36.4 Å². The molecule has 1 N–H and O–H groups in total. The summed E-state index contributed by atoms with van der Waals surface area (Å²) in [7, 11) is 0. The molecule has 3 rings (SSSR count). The highest BCUT2D eigenvalue weighted by atomic mass is 32.1. The number of Topliss-reactive ketones (excluding diaryl/α,β-unsaturated/α-hetero) is 1. The second kappa shape index (κ2) is 8.88. The van der Waals surface area contributed by atoms with Gasteiger partial charge in [0.05, 0.1) is 22.5 Å². The van der Waals surface area contributed by atoms with E-state index in [1.807, 2.05) is 0 Å². The molecule has 0 bridgehead atoms. The van der Waals surface area contributed by atoms with Gasteiger partial charge in [-0.1, -0.05) is 12.1 Å². The summed E-state index contributed by atoms with van der Waals surface area (Å²) in [6, 6.07) is 9.11. The lowest BCUT2D eigenvalue weighted by atomic mass is 10.2. The number of nitrogens with zero attached hydrogens (tertiary/aromatic N) is 2. The van der Waals surface area contributed by atoms with Gasteiger partial charge in [0.1, 0.15) is 6.54 Å². The maximum Gasteiger partial charge on any atom is 0.449 e. The van der Waals surface area contributed by atoms with E-state index in [1.165, 1.54) is 32.0 Å². The number of hydrogen-bond acceptors (Lipinski definition) is 6. The highest BCUT2D eigenvalue weighted by Crippen LogP contribution is 2.31. The van der Waals surface area contributed by atoms with E-state index in [4.69, 9.17) is 4.74 Å². The van der Waals surface area contributed by atoms with Gasteiger partial charge in [0.2, 0.25) is 17.5 Å². The number of rotatable bonds is 7. The number of aromatic nitrogens is 2. The molecule has 2 heterocycles. The van der Waals surface area contributed by atoms with Crippen molar-refractivity contribution in [1.29, 1.82) is 0 Å². The Hall–Kier alpha value is -3.21. The molecule has 164 valence electrons. The topological polar surface area (TPSA) is 90.3 Å². The number of imidazole rings is 1. The summed E-state index contributed by atoms with van der Waals surface area (Å²) in [6.45, 7) is 2.24. The van der Waals surface area contributed by atoms with Gasteiger partial charge in [-0.3, -0.25) is 14.4 Å². The first-order valence-electron chi connectivity index (χ1n) is 9.15. The van der Waals surface area contributed by atoms with Gasteiger partial charge in [-0.25, -0.2) is 4.98 Å². The molecule has 11 heteroatoms. The summed E-state index contributed by atoms with van der Waals surface area (Å²) in [5, 5.41) is 2.61. The molecular weight excluding hydrogens is 435 g/mol. The van der Waals surface area contributed by atoms with Gasteiger partial charge in [-0.05, 0) is 31.2 Å². The van der Waals surface area contributed by atoms with Crippen LogP contribution in [-0.4, -0.2) is 33.3 Å². The lowest BCUT2D eigenvalue weighted by Crippen LogP contribution is -2.27. The van der Waals surface area contributed by atoms with Gasteiger partial charge in [-0.2, -0.15) is 13.2 Å². The number of benzene rings is 1. The highest BCUT2D eigenvalue weighted by molar-refractivity contribution is 7.14. The minimum atomic E-state index is -4.76. The van der Waals surface area contributed by atoms with E-state index in [-0.39, 0.29) is 23.5 Å². The molecule has 0 aliphatic rings. The van der Waals surface area contributed by atoms with Crippen molar-refractivity contribution in [1.82, 2.24) is 14.9 Å². The van der Waals surface area contributed by atoms with E-state index in [1.54, 1.807) is 18.2 Å². The molecule has 31 heavy (non-hydrogen) atoms. The molecule has 1 amide bonds. The summed E-state index contributed by atoms with van der Waals surface area (Å²) in [4.78, 5) is 40.4. The quantitative estimate of drug-likeness (QED) is 0.436. The molecule has 7 nitrogen and oxygen atoms in total. The Bertz CT molecular complexity index is 1140. The third-order valence-corrected chi connectivity index (χ3v) is 5.39. The molecule has 0 aliphatic carbocycles. The van der Waals surface area contributed by atoms with Crippen LogP contribution >= 0.6 is 11.3 Å². The van der Waals surface area contributed by atoms with Crippen molar-refractivity contribution < 1.29 is 32.3 Å². The lowest BCUT2D eigenvalue weighted by Gasteiger charge is -2.14. The average molecular weight is 453 g/mol. The maximum absolute atomic E-state index is 13.3. The number of alkyl halides is 3. The normalized spacial score (nSPS) is 12.5. The minimum Gasteiger partial charge on any atom is -0.453 e. The molecule has 1 unspecified atom stereocenters. The number of ether oxygens (including phenoxy) is 1. The molecule has 1 aromatic carbocycles. The van der Waals surface area contributed by atoms with Crippen LogP contribution in [0.4, 0.5) is 13.2 Å². The fraction of sp³-hybridized carbons (Fsp3) is 0.300. The summed E-state index contributed by atoms with van der Waals surface area (Å²) in [5.74, 6) is -2.91. The summed E-state index contributed by atoms with van der Waals surface area (Å²) >= 11 is 1.13. The van der Waals surface area contributed by atoms with Crippen LogP contribution in [0.5, 0.6) is 0 Å². The van der Waals surface area contributed by atoms with Crippen molar-refractivity contribution in [2.45, 2.75) is 39.2 Å². The lowest BCUT2D eigenvalue weighted by molar-refractivity contribution is -0.152. The van der Waals surface area contributed by atoms with E-state index in [2.05, 4.69) is 10.3 Å². The number of thiophene rings is 1. The summed E-state index contributed by atoms with van der Waals surface area (Å²) in [5.41, 5.74) is 0.226. The van der Waals surface area contributed by atoms with Crippen LogP contribution in [0.2, 0.25) is 0 Å². The van der Waals surface area contributed by atoms with E-state index in [9.17, 15) is 27.6 Å². The Morgan fingerprint density at radius 3 is 2.58 bits per heavy atom. The van der Waals surface area contributed by atoms with Crippen molar-refractivity contribution in [2.75, 3.05) is 0 Å². The van der Waals surface area contributed by atoms with Crippen LogP contribution in [0.1, 0.15) is 34.2 Å². The zero-order valence-electron chi connectivity index (χ0n) is 16.5. The van der Waals surface area contributed by atoms with E-state index in [0.717, 1.165) is 20.8 Å². The number of ketones is 1. The number of para-hydroxylation sites is 2. The monoisotopic (exact) mass is 453 g/mol. The first-order chi connectivity index (χ1) is 14.6. The summed E-state index contributed by atoms with van der Waals surface area (Å²) < 4.78 is 45.9. The SMILES string of the molecule is CC(=O)NCc1ccc(C(=O)C(C)OC(=O)Cn2c(C(F)(F)F)nc3ccccc32)s1. The van der Waals surface area contributed by atoms with Crippen molar-refractivity contribution in [3.63, 3.8) is 0 Å². The highest BCUT2D eigenvalue weighted by Gasteiger charge is 2.38. The Labute approximate surface area is 178 Å². The molecule has 0 saturated carbocycles. The van der Waals surface area contributed by atoms with Gasteiger partial charge in [0.25, 0.3) is 0 Å². The molecule has 0 fully saturated rings. The number of nitrogens with one attached hydrogen (secondary N) is 1. The predicted molar refractivity (Wildman–Crippen MR) is 106 cm³/mol. The van der Waals surface area contributed by atoms with Crippen LogP contribution in [0, 0.1) is 0 Å².